The Labute approximate surface area is 165 Å². The summed E-state index contributed by atoms with van der Waals surface area (Å²) in [6, 6.07) is 8.34. The van der Waals surface area contributed by atoms with Crippen molar-refractivity contribution in [3.8, 4) is 6.07 Å². The lowest BCUT2D eigenvalue weighted by Crippen LogP contribution is -2.15. The zero-order valence-corrected chi connectivity index (χ0v) is 17.1. The van der Waals surface area contributed by atoms with Crippen LogP contribution in [0, 0.1) is 34.9 Å². The van der Waals surface area contributed by atoms with Gasteiger partial charge in [-0.2, -0.15) is 5.26 Å². The van der Waals surface area contributed by atoms with Crippen LogP contribution in [-0.4, -0.2) is 0 Å². The van der Waals surface area contributed by atoms with Crippen LogP contribution in [0.4, 0.5) is 4.39 Å². The van der Waals surface area contributed by atoms with E-state index >= 15 is 0 Å². The van der Waals surface area contributed by atoms with E-state index in [1.54, 1.807) is 6.07 Å². The fraction of sp³-hybridized carbons (Fsp3) is 0.720. The standard InChI is InChI=1S/C25H36FN/c1-2-3-4-19-5-7-20(8-6-19)9-10-21-13-16-24(25(26)17-21)23-14-11-22(18-27)12-15-23/h13,16-17,19-20,22-23H,2-12,14-15H2,1H3. The summed E-state index contributed by atoms with van der Waals surface area (Å²) in [6.45, 7) is 2.29. The summed E-state index contributed by atoms with van der Waals surface area (Å²) in [7, 11) is 0. The molecule has 0 spiro atoms. The summed E-state index contributed by atoms with van der Waals surface area (Å²) >= 11 is 0. The SMILES string of the molecule is CCCCC1CCC(CCc2ccc(C3CCC(C#N)CC3)c(F)c2)CC1. The Bertz CT molecular complexity index is 616. The number of halogens is 1. The molecule has 0 aromatic heterocycles. The number of rotatable bonds is 7. The van der Waals surface area contributed by atoms with Crippen LogP contribution in [0.5, 0.6) is 0 Å². The largest absolute Gasteiger partial charge is 0.207 e. The van der Waals surface area contributed by atoms with Crippen molar-refractivity contribution in [1.82, 2.24) is 0 Å². The van der Waals surface area contributed by atoms with Crippen LogP contribution < -0.4 is 0 Å². The van der Waals surface area contributed by atoms with Gasteiger partial charge in [-0.3, -0.25) is 0 Å². The molecule has 0 unspecified atom stereocenters. The summed E-state index contributed by atoms with van der Waals surface area (Å²) in [5, 5.41) is 9.03. The van der Waals surface area contributed by atoms with Crippen molar-refractivity contribution in [2.24, 2.45) is 17.8 Å². The zero-order valence-electron chi connectivity index (χ0n) is 17.1. The van der Waals surface area contributed by atoms with Gasteiger partial charge in [-0.15, -0.1) is 0 Å². The van der Waals surface area contributed by atoms with E-state index in [-0.39, 0.29) is 11.7 Å². The summed E-state index contributed by atoms with van der Waals surface area (Å²) < 4.78 is 14.7. The Morgan fingerprint density at radius 1 is 0.963 bits per heavy atom. The number of hydrogen-bond donors (Lipinski definition) is 0. The molecule has 27 heavy (non-hydrogen) atoms. The molecule has 0 bridgehead atoms. The van der Waals surface area contributed by atoms with Crippen LogP contribution in [0.3, 0.4) is 0 Å². The quantitative estimate of drug-likeness (QED) is 0.486. The van der Waals surface area contributed by atoms with Crippen LogP contribution in [-0.2, 0) is 6.42 Å². The highest BCUT2D eigenvalue weighted by Crippen LogP contribution is 2.37. The smallest absolute Gasteiger partial charge is 0.126 e. The van der Waals surface area contributed by atoms with Gasteiger partial charge in [0.2, 0.25) is 0 Å². The van der Waals surface area contributed by atoms with Gasteiger partial charge in [-0.25, -0.2) is 4.39 Å². The first-order valence-electron chi connectivity index (χ1n) is 11.4. The number of unbranched alkanes of at least 4 members (excludes halogenated alkanes) is 1. The summed E-state index contributed by atoms with van der Waals surface area (Å²) in [6.07, 6.45) is 15.7. The van der Waals surface area contributed by atoms with Crippen molar-refractivity contribution in [3.63, 3.8) is 0 Å². The van der Waals surface area contributed by atoms with Crippen LogP contribution in [0.15, 0.2) is 18.2 Å². The van der Waals surface area contributed by atoms with Crippen LogP contribution >= 0.6 is 0 Å². The molecule has 2 heteroatoms. The number of benzene rings is 1. The third kappa shape index (κ3) is 5.81. The van der Waals surface area contributed by atoms with E-state index in [1.807, 2.05) is 6.07 Å². The molecule has 0 saturated heterocycles. The first kappa shape index (κ1) is 20.4. The Morgan fingerprint density at radius 2 is 1.63 bits per heavy atom. The van der Waals surface area contributed by atoms with Crippen LogP contribution in [0.2, 0.25) is 0 Å². The maximum absolute atomic E-state index is 14.7. The van der Waals surface area contributed by atoms with E-state index in [1.165, 1.54) is 51.4 Å². The number of hydrogen-bond acceptors (Lipinski definition) is 1. The predicted molar refractivity (Wildman–Crippen MR) is 110 cm³/mol. The topological polar surface area (TPSA) is 23.8 Å². The molecule has 0 amide bonds. The first-order chi connectivity index (χ1) is 13.2. The van der Waals surface area contributed by atoms with Crippen molar-refractivity contribution in [2.75, 3.05) is 0 Å². The second-order valence-corrected chi connectivity index (χ2v) is 9.10. The number of nitriles is 1. The maximum Gasteiger partial charge on any atom is 0.126 e. The predicted octanol–water partition coefficient (Wildman–Crippen LogP) is 7.55. The summed E-state index contributed by atoms with van der Waals surface area (Å²) in [4.78, 5) is 0. The third-order valence-corrected chi connectivity index (χ3v) is 7.19. The maximum atomic E-state index is 14.7. The molecular weight excluding hydrogens is 333 g/mol. The Morgan fingerprint density at radius 3 is 2.22 bits per heavy atom. The second-order valence-electron chi connectivity index (χ2n) is 9.10. The molecule has 1 aromatic carbocycles. The monoisotopic (exact) mass is 369 g/mol. The van der Waals surface area contributed by atoms with Gasteiger partial charge in [0, 0.05) is 5.92 Å². The van der Waals surface area contributed by atoms with Crippen LogP contribution in [0.25, 0.3) is 0 Å². The Kier molecular flexibility index (Phi) is 7.74. The molecule has 2 saturated carbocycles. The third-order valence-electron chi connectivity index (χ3n) is 7.19. The molecule has 3 rings (SSSR count). The van der Waals surface area contributed by atoms with Crippen molar-refractivity contribution >= 4 is 0 Å². The van der Waals surface area contributed by atoms with Gasteiger partial charge in [0.25, 0.3) is 0 Å². The normalized spacial score (nSPS) is 28.6. The van der Waals surface area contributed by atoms with Gasteiger partial charge in [-0.05, 0) is 73.5 Å². The van der Waals surface area contributed by atoms with Gasteiger partial charge < -0.3 is 0 Å². The molecule has 0 N–H and O–H groups in total. The molecule has 0 heterocycles. The van der Waals surface area contributed by atoms with E-state index < -0.39 is 0 Å². The highest BCUT2D eigenvalue weighted by Gasteiger charge is 2.24. The molecule has 148 valence electrons. The zero-order chi connectivity index (χ0) is 19.1. The number of nitrogens with zero attached hydrogens (tertiary/aromatic N) is 1. The first-order valence-corrected chi connectivity index (χ1v) is 11.4. The lowest BCUT2D eigenvalue weighted by Gasteiger charge is -2.28. The molecule has 2 aliphatic rings. The van der Waals surface area contributed by atoms with Crippen molar-refractivity contribution in [1.29, 1.82) is 5.26 Å². The highest BCUT2D eigenvalue weighted by atomic mass is 19.1. The van der Waals surface area contributed by atoms with Gasteiger partial charge in [0.15, 0.2) is 0 Å². The van der Waals surface area contributed by atoms with Gasteiger partial charge >= 0.3 is 0 Å². The molecular formula is C25H36FN. The average Bonchev–Trinajstić information content (AvgIpc) is 2.72. The second kappa shape index (κ2) is 10.3. The molecule has 1 aromatic rings. The minimum Gasteiger partial charge on any atom is -0.207 e. The van der Waals surface area contributed by atoms with E-state index in [9.17, 15) is 4.39 Å². The van der Waals surface area contributed by atoms with E-state index in [2.05, 4.69) is 19.1 Å². The van der Waals surface area contributed by atoms with Gasteiger partial charge in [0.1, 0.15) is 5.82 Å². The van der Waals surface area contributed by atoms with E-state index in [4.69, 9.17) is 5.26 Å². The van der Waals surface area contributed by atoms with Crippen molar-refractivity contribution in [2.45, 2.75) is 96.3 Å². The van der Waals surface area contributed by atoms with Crippen molar-refractivity contribution in [3.05, 3.63) is 35.1 Å². The van der Waals surface area contributed by atoms with E-state index in [0.717, 1.165) is 55.1 Å². The highest BCUT2D eigenvalue weighted by molar-refractivity contribution is 5.28. The van der Waals surface area contributed by atoms with E-state index in [0.29, 0.717) is 5.92 Å². The minimum absolute atomic E-state index is 0.0174. The van der Waals surface area contributed by atoms with Gasteiger partial charge in [-0.1, -0.05) is 64.0 Å². The molecule has 1 nitrogen and oxygen atoms in total. The average molecular weight is 370 g/mol. The minimum atomic E-state index is -0.0174. The lowest BCUT2D eigenvalue weighted by molar-refractivity contribution is 0.250. The summed E-state index contributed by atoms with van der Waals surface area (Å²) in [5.74, 6) is 2.28. The van der Waals surface area contributed by atoms with Gasteiger partial charge in [0.05, 0.1) is 6.07 Å². The summed E-state index contributed by atoms with van der Waals surface area (Å²) in [5.41, 5.74) is 2.04. The fourth-order valence-corrected chi connectivity index (χ4v) is 5.26. The molecule has 0 atom stereocenters. The molecule has 0 aliphatic heterocycles. The molecule has 0 radical (unpaired) electrons. The molecule has 2 aliphatic carbocycles. The fourth-order valence-electron chi connectivity index (χ4n) is 5.26. The molecule has 2 fully saturated rings. The number of aryl methyl sites for hydroxylation is 1. The Balaban J connectivity index is 1.45. The lowest BCUT2D eigenvalue weighted by atomic mass is 9.77. The van der Waals surface area contributed by atoms with Crippen molar-refractivity contribution < 1.29 is 4.39 Å². The van der Waals surface area contributed by atoms with Crippen LogP contribution in [0.1, 0.15) is 101 Å². The Hall–Kier alpha value is -1.36.